The molecule has 154 valence electrons. The largest absolute Gasteiger partial charge is 0.353 e. The van der Waals surface area contributed by atoms with Gasteiger partial charge in [0.15, 0.2) is 0 Å². The third kappa shape index (κ3) is 3.48. The van der Waals surface area contributed by atoms with Gasteiger partial charge in [-0.3, -0.25) is 4.79 Å². The molecule has 2 nitrogen and oxygen atoms in total. The molecule has 0 spiro atoms. The van der Waals surface area contributed by atoms with Gasteiger partial charge >= 0.3 is 0 Å². The van der Waals surface area contributed by atoms with Crippen LogP contribution in [-0.4, -0.2) is 11.9 Å². The van der Waals surface area contributed by atoms with Crippen molar-refractivity contribution < 1.29 is 4.79 Å². The number of amides is 1. The Hall–Kier alpha value is -1.22. The van der Waals surface area contributed by atoms with E-state index in [9.17, 15) is 4.79 Å². The molecule has 1 amide bonds. The van der Waals surface area contributed by atoms with Crippen molar-refractivity contribution >= 4 is 40.7 Å². The zero-order valence-corrected chi connectivity index (χ0v) is 19.0. The molecule has 1 saturated carbocycles. The van der Waals surface area contributed by atoms with Crippen molar-refractivity contribution in [1.82, 2.24) is 5.32 Å². The fraction of sp³-hybridized carbons (Fsp3) is 0.458. The lowest BCUT2D eigenvalue weighted by Gasteiger charge is -2.48. The highest BCUT2D eigenvalue weighted by atomic mass is 35.5. The predicted octanol–water partition coefficient (Wildman–Crippen LogP) is 7.23. The molecule has 5 atom stereocenters. The van der Waals surface area contributed by atoms with Gasteiger partial charge in [0.1, 0.15) is 0 Å². The third-order valence-electron chi connectivity index (χ3n) is 7.25. The quantitative estimate of drug-likeness (QED) is 0.523. The predicted molar refractivity (Wildman–Crippen MR) is 121 cm³/mol. The van der Waals surface area contributed by atoms with Crippen molar-refractivity contribution in [3.8, 4) is 0 Å². The Balaban J connectivity index is 1.88. The lowest BCUT2D eigenvalue weighted by molar-refractivity contribution is -0.131. The lowest BCUT2D eigenvalue weighted by atomic mass is 9.54. The summed E-state index contributed by atoms with van der Waals surface area (Å²) in [5, 5.41) is 5.40. The van der Waals surface area contributed by atoms with E-state index in [1.54, 1.807) is 0 Å². The number of fused-ring (bicyclic) bond motifs is 1. The Morgan fingerprint density at radius 1 is 1.03 bits per heavy atom. The van der Waals surface area contributed by atoms with Crippen LogP contribution in [0.15, 0.2) is 42.5 Å². The Kier molecular flexibility index (Phi) is 5.90. The van der Waals surface area contributed by atoms with E-state index in [2.05, 4.69) is 37.4 Å². The van der Waals surface area contributed by atoms with Gasteiger partial charge in [0.05, 0.1) is 5.41 Å². The molecule has 0 unspecified atom stereocenters. The first-order valence-corrected chi connectivity index (χ1v) is 11.6. The second-order valence-corrected chi connectivity index (χ2v) is 9.69. The van der Waals surface area contributed by atoms with E-state index in [1.807, 2.05) is 24.3 Å². The summed E-state index contributed by atoms with van der Waals surface area (Å²) < 4.78 is 0. The average molecular weight is 451 g/mol. The molecule has 1 heterocycles. The minimum absolute atomic E-state index is 0.164. The summed E-state index contributed by atoms with van der Waals surface area (Å²) in [5.74, 6) is 0.851. The monoisotopic (exact) mass is 449 g/mol. The summed E-state index contributed by atoms with van der Waals surface area (Å²) >= 11 is 19.0. The molecule has 5 heteroatoms. The number of hydrogen-bond donors (Lipinski definition) is 1. The van der Waals surface area contributed by atoms with Crippen molar-refractivity contribution in [2.45, 2.75) is 57.4 Å². The number of rotatable bonds is 4. The Morgan fingerprint density at radius 3 is 2.34 bits per heavy atom. The van der Waals surface area contributed by atoms with E-state index in [-0.39, 0.29) is 35.1 Å². The second kappa shape index (κ2) is 8.13. The van der Waals surface area contributed by atoms with E-state index < -0.39 is 0 Å². The molecule has 0 aromatic heterocycles. The van der Waals surface area contributed by atoms with Crippen LogP contribution in [0.2, 0.25) is 15.1 Å². The number of benzene rings is 2. The van der Waals surface area contributed by atoms with E-state index in [0.717, 1.165) is 36.3 Å². The third-order valence-corrected chi connectivity index (χ3v) is 8.06. The Bertz CT molecular complexity index is 913. The second-order valence-electron chi connectivity index (χ2n) is 8.41. The van der Waals surface area contributed by atoms with Crippen LogP contribution in [0, 0.1) is 11.3 Å². The van der Waals surface area contributed by atoms with Gasteiger partial charge in [-0.1, -0.05) is 66.8 Å². The first-order chi connectivity index (χ1) is 13.9. The zero-order chi connectivity index (χ0) is 20.8. The molecule has 0 bridgehead atoms. The number of hydrogen-bond acceptors (Lipinski definition) is 1. The molecule has 1 aliphatic carbocycles. The maximum atomic E-state index is 13.1. The number of halogens is 3. The molecule has 4 rings (SSSR count). The maximum Gasteiger partial charge on any atom is 0.226 e. The first kappa shape index (κ1) is 21.0. The zero-order valence-electron chi connectivity index (χ0n) is 16.7. The topological polar surface area (TPSA) is 29.1 Å². The van der Waals surface area contributed by atoms with Crippen molar-refractivity contribution in [2.75, 3.05) is 0 Å². The summed E-state index contributed by atoms with van der Waals surface area (Å²) in [6, 6.07) is 14.1. The van der Waals surface area contributed by atoms with Crippen LogP contribution < -0.4 is 5.32 Å². The standard InChI is InChI=1S/C24H26Cl3NO/c1-3-20-22-21(14-5-7-15(25)8-6-14)18(17-10-9-16(26)13-19(17)27)11-12-24(22,4-2)23(29)28-20/h5-10,13,18,20-22H,3-4,11-12H2,1-2H3,(H,28,29)/t18-,20+,21-,22-,24+/m0/s1. The van der Waals surface area contributed by atoms with Gasteiger partial charge in [0.2, 0.25) is 5.91 Å². The van der Waals surface area contributed by atoms with E-state index >= 15 is 0 Å². The maximum absolute atomic E-state index is 13.1. The Morgan fingerprint density at radius 2 is 1.72 bits per heavy atom. The molecule has 1 saturated heterocycles. The highest BCUT2D eigenvalue weighted by Crippen LogP contribution is 2.60. The van der Waals surface area contributed by atoms with Crippen LogP contribution >= 0.6 is 34.8 Å². The van der Waals surface area contributed by atoms with Gasteiger partial charge in [-0.25, -0.2) is 0 Å². The molecule has 2 fully saturated rings. The van der Waals surface area contributed by atoms with Crippen LogP contribution in [0.3, 0.4) is 0 Å². The molecular weight excluding hydrogens is 425 g/mol. The molecule has 1 aliphatic heterocycles. The highest BCUT2D eigenvalue weighted by molar-refractivity contribution is 6.35. The fourth-order valence-electron chi connectivity index (χ4n) is 5.86. The Labute approximate surface area is 187 Å². The van der Waals surface area contributed by atoms with Crippen molar-refractivity contribution in [2.24, 2.45) is 11.3 Å². The van der Waals surface area contributed by atoms with Gasteiger partial charge in [-0.15, -0.1) is 0 Å². The lowest BCUT2D eigenvalue weighted by Crippen LogP contribution is -2.44. The van der Waals surface area contributed by atoms with E-state index in [0.29, 0.717) is 10.0 Å². The number of carbonyl (C=O) groups excluding carboxylic acids is 1. The van der Waals surface area contributed by atoms with Crippen LogP contribution in [0.25, 0.3) is 0 Å². The van der Waals surface area contributed by atoms with Crippen LogP contribution in [0.4, 0.5) is 0 Å². The van der Waals surface area contributed by atoms with Crippen molar-refractivity contribution in [3.05, 3.63) is 68.7 Å². The summed E-state index contributed by atoms with van der Waals surface area (Å²) in [7, 11) is 0. The van der Waals surface area contributed by atoms with Crippen molar-refractivity contribution in [1.29, 1.82) is 0 Å². The minimum atomic E-state index is -0.319. The van der Waals surface area contributed by atoms with Crippen molar-refractivity contribution in [3.63, 3.8) is 0 Å². The smallest absolute Gasteiger partial charge is 0.226 e. The van der Waals surface area contributed by atoms with Gasteiger partial charge < -0.3 is 5.32 Å². The van der Waals surface area contributed by atoms with E-state index in [1.165, 1.54) is 5.56 Å². The minimum Gasteiger partial charge on any atom is -0.353 e. The summed E-state index contributed by atoms with van der Waals surface area (Å²) in [6.07, 6.45) is 3.57. The number of nitrogens with one attached hydrogen (secondary N) is 1. The molecule has 2 aliphatic rings. The SMILES string of the molecule is CC[C@H]1NC(=O)[C@]2(CC)CC[C@@H](c3ccc(Cl)cc3Cl)[C@H](c3ccc(Cl)cc3)[C@H]12. The molecule has 0 radical (unpaired) electrons. The molecule has 29 heavy (non-hydrogen) atoms. The van der Waals surface area contributed by atoms with Gasteiger partial charge in [-0.05, 0) is 72.9 Å². The van der Waals surface area contributed by atoms with E-state index in [4.69, 9.17) is 34.8 Å². The van der Waals surface area contributed by atoms with Gasteiger partial charge in [0.25, 0.3) is 0 Å². The summed E-state index contributed by atoms with van der Waals surface area (Å²) in [6.45, 7) is 4.31. The molecule has 1 N–H and O–H groups in total. The summed E-state index contributed by atoms with van der Waals surface area (Å²) in [5.41, 5.74) is 2.03. The van der Waals surface area contributed by atoms with Crippen LogP contribution in [0.5, 0.6) is 0 Å². The highest BCUT2D eigenvalue weighted by Gasteiger charge is 2.60. The average Bonchev–Trinajstić information content (AvgIpc) is 3.00. The van der Waals surface area contributed by atoms with Crippen LogP contribution in [-0.2, 0) is 4.79 Å². The van der Waals surface area contributed by atoms with Gasteiger partial charge in [-0.2, -0.15) is 0 Å². The fourth-order valence-corrected chi connectivity index (χ4v) is 6.53. The normalized spacial score (nSPS) is 31.4. The molecular formula is C24H26Cl3NO. The number of carbonyl (C=O) groups is 1. The first-order valence-electron chi connectivity index (χ1n) is 10.4. The molecule has 2 aromatic rings. The van der Waals surface area contributed by atoms with Crippen LogP contribution in [0.1, 0.15) is 62.5 Å². The summed E-state index contributed by atoms with van der Waals surface area (Å²) in [4.78, 5) is 13.1. The van der Waals surface area contributed by atoms with Gasteiger partial charge in [0, 0.05) is 27.0 Å². The molecule has 2 aromatic carbocycles.